The molecule has 112 valence electrons. The third-order valence-electron chi connectivity index (χ3n) is 3.42. The largest absolute Gasteiger partial charge is 0.326 e. The van der Waals surface area contributed by atoms with Crippen LogP contribution in [-0.4, -0.2) is 37.5 Å². The molecule has 21 heavy (non-hydrogen) atoms. The fourth-order valence-electron chi connectivity index (χ4n) is 2.43. The van der Waals surface area contributed by atoms with Crippen LogP contribution in [-0.2, 0) is 0 Å². The molecule has 3 N–H and O–H groups in total. The quantitative estimate of drug-likeness (QED) is 0.783. The molecule has 2 aliphatic rings. The van der Waals surface area contributed by atoms with Gasteiger partial charge in [-0.15, -0.1) is 0 Å². The van der Waals surface area contributed by atoms with Crippen LogP contribution in [0, 0.1) is 0 Å². The highest BCUT2D eigenvalue weighted by Gasteiger charge is 2.16. The van der Waals surface area contributed by atoms with Crippen LogP contribution in [0.3, 0.4) is 0 Å². The van der Waals surface area contributed by atoms with Gasteiger partial charge in [-0.2, -0.15) is 0 Å². The number of rotatable bonds is 2. The summed E-state index contributed by atoms with van der Waals surface area (Å²) in [6.45, 7) is 2.66. The Morgan fingerprint density at radius 2 is 1.86 bits per heavy atom. The number of aliphatic imine (C=N–C) groups is 2. The highest BCUT2D eigenvalue weighted by molar-refractivity contribution is 6.35. The Morgan fingerprint density at radius 1 is 1.14 bits per heavy atom. The van der Waals surface area contributed by atoms with Gasteiger partial charge in [-0.1, -0.05) is 23.2 Å². The van der Waals surface area contributed by atoms with Crippen LogP contribution < -0.4 is 16.0 Å². The molecule has 0 saturated carbocycles. The summed E-state index contributed by atoms with van der Waals surface area (Å²) in [7, 11) is 0. The van der Waals surface area contributed by atoms with Crippen molar-refractivity contribution in [2.45, 2.75) is 18.9 Å². The Balaban J connectivity index is 1.60. The van der Waals surface area contributed by atoms with E-state index >= 15 is 0 Å². The van der Waals surface area contributed by atoms with Crippen LogP contribution in [0.5, 0.6) is 0 Å². The first-order valence-corrected chi connectivity index (χ1v) is 7.76. The second kappa shape index (κ2) is 6.64. The fourth-order valence-corrected chi connectivity index (χ4v) is 2.96. The molecule has 0 unspecified atom stereocenters. The third kappa shape index (κ3) is 4.09. The van der Waals surface area contributed by atoms with Crippen molar-refractivity contribution in [3.8, 4) is 0 Å². The minimum atomic E-state index is 0.393. The van der Waals surface area contributed by atoms with Gasteiger partial charge in [0.25, 0.3) is 0 Å². The van der Waals surface area contributed by atoms with Gasteiger partial charge < -0.3 is 16.0 Å². The summed E-state index contributed by atoms with van der Waals surface area (Å²) in [5, 5.41) is 10.9. The van der Waals surface area contributed by atoms with Crippen molar-refractivity contribution in [3.63, 3.8) is 0 Å². The van der Waals surface area contributed by atoms with E-state index in [0.29, 0.717) is 28.6 Å². The van der Waals surface area contributed by atoms with Gasteiger partial charge in [0.15, 0.2) is 0 Å². The Kier molecular flexibility index (Phi) is 4.63. The molecule has 0 aliphatic carbocycles. The van der Waals surface area contributed by atoms with Gasteiger partial charge in [-0.25, -0.2) is 4.99 Å². The molecule has 0 spiro atoms. The number of nitrogens with zero attached hydrogens (tertiary/aromatic N) is 2. The van der Waals surface area contributed by atoms with Crippen LogP contribution in [0.1, 0.15) is 12.8 Å². The molecule has 0 bridgehead atoms. The average Bonchev–Trinajstić information content (AvgIpc) is 2.86. The Morgan fingerprint density at radius 3 is 2.57 bits per heavy atom. The van der Waals surface area contributed by atoms with Gasteiger partial charge in [-0.3, -0.25) is 4.99 Å². The van der Waals surface area contributed by atoms with Crippen LogP contribution in [0.25, 0.3) is 0 Å². The maximum Gasteiger partial charge on any atom is 0.201 e. The lowest BCUT2D eigenvalue weighted by Crippen LogP contribution is -2.34. The Hall–Kier alpha value is -1.30. The van der Waals surface area contributed by atoms with Crippen LogP contribution in [0.15, 0.2) is 28.2 Å². The molecule has 1 aromatic carbocycles. The summed E-state index contributed by atoms with van der Waals surface area (Å²) in [5.74, 6) is 1.60. The van der Waals surface area contributed by atoms with Crippen LogP contribution in [0.2, 0.25) is 10.0 Å². The zero-order chi connectivity index (χ0) is 14.7. The number of amidine groups is 1. The zero-order valence-electron chi connectivity index (χ0n) is 11.5. The maximum atomic E-state index is 5.98. The first-order chi connectivity index (χ1) is 10.2. The lowest BCUT2D eigenvalue weighted by molar-refractivity contribution is 0.459. The minimum Gasteiger partial charge on any atom is -0.326 e. The normalized spacial score (nSPS) is 21.2. The number of benzene rings is 1. The first kappa shape index (κ1) is 14.6. The van der Waals surface area contributed by atoms with E-state index in [1.165, 1.54) is 0 Å². The molecule has 0 aromatic heterocycles. The number of hydrogen-bond donors (Lipinski definition) is 3. The predicted molar refractivity (Wildman–Crippen MR) is 88.8 cm³/mol. The molecular weight excluding hydrogens is 309 g/mol. The molecule has 7 heteroatoms. The predicted octanol–water partition coefficient (Wildman–Crippen LogP) is 2.51. The highest BCUT2D eigenvalue weighted by atomic mass is 35.5. The van der Waals surface area contributed by atoms with Crippen molar-refractivity contribution in [1.29, 1.82) is 0 Å². The molecule has 0 atom stereocenters. The fraction of sp³-hybridized carbons (Fsp3) is 0.429. The molecule has 1 fully saturated rings. The van der Waals surface area contributed by atoms with E-state index < -0.39 is 0 Å². The lowest BCUT2D eigenvalue weighted by Gasteiger charge is -2.19. The molecule has 2 aliphatic heterocycles. The highest BCUT2D eigenvalue weighted by Crippen LogP contribution is 2.22. The summed E-state index contributed by atoms with van der Waals surface area (Å²) in [6.07, 6.45) is 2.16. The van der Waals surface area contributed by atoms with E-state index in [0.717, 1.165) is 37.5 Å². The molecule has 0 amide bonds. The van der Waals surface area contributed by atoms with Crippen molar-refractivity contribution >= 4 is 40.7 Å². The number of anilines is 1. The number of piperidine rings is 1. The van der Waals surface area contributed by atoms with Gasteiger partial charge in [0, 0.05) is 15.7 Å². The number of nitrogens with one attached hydrogen (secondary N) is 3. The van der Waals surface area contributed by atoms with Gasteiger partial charge in [0.1, 0.15) is 12.4 Å². The van der Waals surface area contributed by atoms with Crippen LogP contribution >= 0.6 is 23.2 Å². The molecular formula is C14H17Cl2N5. The van der Waals surface area contributed by atoms with E-state index in [1.54, 1.807) is 18.2 Å². The standard InChI is InChI=1S/C14H17Cl2N5/c15-9-5-10(16)7-12(6-9)20-14-18-8-13(21-14)19-11-1-3-17-4-2-11/h5-7,11,17H,1-4,8H2,(H2,18,19,20,21). The summed E-state index contributed by atoms with van der Waals surface area (Å²) < 4.78 is 0. The van der Waals surface area contributed by atoms with Crippen molar-refractivity contribution in [3.05, 3.63) is 28.2 Å². The van der Waals surface area contributed by atoms with Gasteiger partial charge in [0.2, 0.25) is 5.96 Å². The number of hydrogen-bond acceptors (Lipinski definition) is 4. The number of guanidine groups is 1. The first-order valence-electron chi connectivity index (χ1n) is 7.01. The lowest BCUT2D eigenvalue weighted by atomic mass is 10.1. The summed E-state index contributed by atoms with van der Waals surface area (Å²) in [6, 6.07) is 5.70. The summed E-state index contributed by atoms with van der Waals surface area (Å²) in [4.78, 5) is 9.12. The van der Waals surface area contributed by atoms with Crippen molar-refractivity contribution < 1.29 is 0 Å². The van der Waals surface area contributed by atoms with Crippen molar-refractivity contribution in [1.82, 2.24) is 10.6 Å². The third-order valence-corrected chi connectivity index (χ3v) is 3.86. The summed E-state index contributed by atoms with van der Waals surface area (Å²) in [5.41, 5.74) is 0.807. The smallest absolute Gasteiger partial charge is 0.201 e. The van der Waals surface area contributed by atoms with Crippen molar-refractivity contribution in [2.24, 2.45) is 9.98 Å². The molecule has 2 heterocycles. The Labute approximate surface area is 133 Å². The maximum absolute atomic E-state index is 5.98. The van der Waals surface area contributed by atoms with E-state index in [2.05, 4.69) is 20.9 Å². The van der Waals surface area contributed by atoms with Gasteiger partial charge >= 0.3 is 0 Å². The van der Waals surface area contributed by atoms with Gasteiger partial charge in [0.05, 0.1) is 6.04 Å². The van der Waals surface area contributed by atoms with Crippen molar-refractivity contribution in [2.75, 3.05) is 25.0 Å². The average molecular weight is 326 g/mol. The Bertz CT molecular complexity index is 558. The monoisotopic (exact) mass is 325 g/mol. The SMILES string of the molecule is Clc1cc(Cl)cc(NC2=NCC(=NC3CCNCC3)N2)c1. The van der Waals surface area contributed by atoms with Crippen LogP contribution in [0.4, 0.5) is 5.69 Å². The summed E-state index contributed by atoms with van der Waals surface area (Å²) >= 11 is 12.0. The molecule has 1 aromatic rings. The van der Waals surface area contributed by atoms with E-state index in [-0.39, 0.29) is 0 Å². The van der Waals surface area contributed by atoms with E-state index in [4.69, 9.17) is 28.2 Å². The second-order valence-corrected chi connectivity index (χ2v) is 6.00. The van der Waals surface area contributed by atoms with E-state index in [1.807, 2.05) is 0 Å². The zero-order valence-corrected chi connectivity index (χ0v) is 13.0. The molecule has 5 nitrogen and oxygen atoms in total. The minimum absolute atomic E-state index is 0.393. The number of halogens is 2. The second-order valence-electron chi connectivity index (χ2n) is 5.13. The van der Waals surface area contributed by atoms with Gasteiger partial charge in [-0.05, 0) is 44.1 Å². The van der Waals surface area contributed by atoms with E-state index in [9.17, 15) is 0 Å². The molecule has 3 rings (SSSR count). The topological polar surface area (TPSA) is 60.8 Å². The molecule has 0 radical (unpaired) electrons. The molecule has 1 saturated heterocycles.